The molecule has 0 spiro atoms. The molecule has 0 aliphatic heterocycles. The Hall–Kier alpha value is -0.990. The minimum absolute atomic E-state index is 0.494. The average Bonchev–Trinajstić information content (AvgIpc) is 2.61. The summed E-state index contributed by atoms with van der Waals surface area (Å²) in [7, 11) is 0. The number of fused-ring (bicyclic) bond motifs is 1. The van der Waals surface area contributed by atoms with E-state index in [-0.39, 0.29) is 0 Å². The van der Waals surface area contributed by atoms with Crippen LogP contribution in [0, 0.1) is 5.92 Å². The minimum atomic E-state index is 0.494. The summed E-state index contributed by atoms with van der Waals surface area (Å²) in [5.74, 6) is 2.12. The fourth-order valence-electron chi connectivity index (χ4n) is 2.46. The number of hydrogen-bond acceptors (Lipinski definition) is 2. The molecule has 1 aliphatic rings. The van der Waals surface area contributed by atoms with E-state index >= 15 is 0 Å². The van der Waals surface area contributed by atoms with Crippen LogP contribution in [-0.2, 0) is 0 Å². The van der Waals surface area contributed by atoms with Gasteiger partial charge in [-0.05, 0) is 37.4 Å². The van der Waals surface area contributed by atoms with E-state index in [4.69, 9.17) is 21.8 Å². The zero-order chi connectivity index (χ0) is 11.1. The van der Waals surface area contributed by atoms with Gasteiger partial charge < -0.3 is 10.2 Å². The van der Waals surface area contributed by atoms with E-state index in [9.17, 15) is 0 Å². The van der Waals surface area contributed by atoms with Crippen molar-refractivity contribution in [1.82, 2.24) is 0 Å². The molecule has 0 saturated heterocycles. The number of rotatable bonds is 2. The lowest BCUT2D eigenvalue weighted by atomic mass is 9.72. The molecule has 2 atom stereocenters. The quantitative estimate of drug-likeness (QED) is 0.865. The van der Waals surface area contributed by atoms with Crippen LogP contribution in [0.2, 0.25) is 5.02 Å². The molecule has 2 nitrogen and oxygen atoms in total. The van der Waals surface area contributed by atoms with E-state index in [1.165, 1.54) is 12.8 Å². The zero-order valence-corrected chi connectivity index (χ0v) is 9.70. The van der Waals surface area contributed by atoms with Gasteiger partial charge in [0.1, 0.15) is 5.76 Å². The van der Waals surface area contributed by atoms with E-state index < -0.39 is 0 Å². The van der Waals surface area contributed by atoms with Crippen LogP contribution in [0.15, 0.2) is 28.7 Å². The molecule has 0 amide bonds. The van der Waals surface area contributed by atoms with Crippen molar-refractivity contribution in [1.29, 1.82) is 0 Å². The van der Waals surface area contributed by atoms with Crippen molar-refractivity contribution in [3.05, 3.63) is 35.0 Å². The Kier molecular flexibility index (Phi) is 2.41. The molecule has 1 fully saturated rings. The van der Waals surface area contributed by atoms with E-state index in [1.54, 1.807) is 0 Å². The van der Waals surface area contributed by atoms with Gasteiger partial charge in [0.15, 0.2) is 5.58 Å². The van der Waals surface area contributed by atoms with Crippen LogP contribution in [0.4, 0.5) is 0 Å². The monoisotopic (exact) mass is 235 g/mol. The van der Waals surface area contributed by atoms with Crippen molar-refractivity contribution in [3.63, 3.8) is 0 Å². The summed E-state index contributed by atoms with van der Waals surface area (Å²) in [4.78, 5) is 0. The summed E-state index contributed by atoms with van der Waals surface area (Å²) in [6, 6.07) is 7.95. The van der Waals surface area contributed by atoms with Crippen molar-refractivity contribution in [2.75, 3.05) is 6.54 Å². The summed E-state index contributed by atoms with van der Waals surface area (Å²) in [5, 5.41) is 1.78. The predicted molar refractivity (Wildman–Crippen MR) is 65.7 cm³/mol. The molecule has 1 heterocycles. The van der Waals surface area contributed by atoms with Gasteiger partial charge in [0.05, 0.1) is 5.02 Å². The van der Waals surface area contributed by atoms with E-state index in [0.717, 1.165) is 23.3 Å². The Morgan fingerprint density at radius 2 is 2.25 bits per heavy atom. The van der Waals surface area contributed by atoms with Crippen molar-refractivity contribution in [2.45, 2.75) is 18.8 Å². The Labute approximate surface area is 99.4 Å². The van der Waals surface area contributed by atoms with Crippen molar-refractivity contribution in [2.24, 2.45) is 11.7 Å². The molecule has 2 N–H and O–H groups in total. The molecule has 16 heavy (non-hydrogen) atoms. The predicted octanol–water partition coefficient (Wildman–Crippen LogP) is 3.54. The first-order valence-electron chi connectivity index (χ1n) is 5.67. The smallest absolute Gasteiger partial charge is 0.152 e. The van der Waals surface area contributed by atoms with Crippen LogP contribution >= 0.6 is 11.6 Å². The lowest BCUT2D eigenvalue weighted by molar-refractivity contribution is 0.233. The van der Waals surface area contributed by atoms with E-state index in [0.29, 0.717) is 16.9 Å². The molecule has 3 heteroatoms. The Morgan fingerprint density at radius 1 is 1.38 bits per heavy atom. The molecule has 1 aromatic carbocycles. The van der Waals surface area contributed by atoms with E-state index in [2.05, 4.69) is 6.07 Å². The Morgan fingerprint density at radius 3 is 2.88 bits per heavy atom. The largest absolute Gasteiger partial charge is 0.459 e. The number of furan rings is 1. The summed E-state index contributed by atoms with van der Waals surface area (Å²) < 4.78 is 5.85. The normalized spacial score (nSPS) is 24.6. The molecule has 2 unspecified atom stereocenters. The SMILES string of the molecule is NCC1CCC1c1cc2cccc(Cl)c2o1. The molecule has 2 aromatic rings. The summed E-state index contributed by atoms with van der Waals surface area (Å²) in [6.45, 7) is 0.745. The number of para-hydroxylation sites is 1. The van der Waals surface area contributed by atoms with Gasteiger partial charge in [-0.3, -0.25) is 0 Å². The number of nitrogens with two attached hydrogens (primary N) is 1. The molecule has 1 saturated carbocycles. The standard InChI is InChI=1S/C13H14ClNO/c14-11-3-1-2-8-6-12(16-13(8)11)10-5-4-9(10)7-15/h1-3,6,9-10H,4-5,7,15H2. The van der Waals surface area contributed by atoms with Crippen LogP contribution in [0.3, 0.4) is 0 Å². The molecule has 1 aromatic heterocycles. The average molecular weight is 236 g/mol. The summed E-state index contributed by atoms with van der Waals surface area (Å²) in [5.41, 5.74) is 6.53. The van der Waals surface area contributed by atoms with Crippen molar-refractivity contribution >= 4 is 22.6 Å². The third-order valence-corrected chi connectivity index (χ3v) is 3.90. The fraction of sp³-hybridized carbons (Fsp3) is 0.385. The molecule has 3 rings (SSSR count). The molecule has 0 bridgehead atoms. The van der Waals surface area contributed by atoms with Gasteiger partial charge in [-0.1, -0.05) is 23.7 Å². The second-order valence-corrected chi connectivity index (χ2v) is 4.89. The van der Waals surface area contributed by atoms with Crippen LogP contribution < -0.4 is 5.73 Å². The topological polar surface area (TPSA) is 39.2 Å². The maximum absolute atomic E-state index is 6.09. The minimum Gasteiger partial charge on any atom is -0.459 e. The third kappa shape index (κ3) is 1.45. The van der Waals surface area contributed by atoms with Crippen LogP contribution in [0.25, 0.3) is 11.0 Å². The first-order valence-corrected chi connectivity index (χ1v) is 6.05. The first kappa shape index (κ1) is 10.2. The van der Waals surface area contributed by atoms with Crippen LogP contribution in [0.5, 0.6) is 0 Å². The highest BCUT2D eigenvalue weighted by Gasteiger charge is 2.33. The molecule has 1 aliphatic carbocycles. The van der Waals surface area contributed by atoms with E-state index in [1.807, 2.05) is 18.2 Å². The summed E-state index contributed by atoms with van der Waals surface area (Å²) >= 11 is 6.09. The van der Waals surface area contributed by atoms with Gasteiger partial charge in [0.25, 0.3) is 0 Å². The second kappa shape index (κ2) is 3.79. The molecular weight excluding hydrogens is 222 g/mol. The van der Waals surface area contributed by atoms with Gasteiger partial charge in [0.2, 0.25) is 0 Å². The second-order valence-electron chi connectivity index (χ2n) is 4.49. The Bertz CT molecular complexity index is 518. The zero-order valence-electron chi connectivity index (χ0n) is 8.95. The first-order chi connectivity index (χ1) is 7.79. The maximum Gasteiger partial charge on any atom is 0.152 e. The molecular formula is C13H14ClNO. The third-order valence-electron chi connectivity index (χ3n) is 3.60. The van der Waals surface area contributed by atoms with Gasteiger partial charge >= 0.3 is 0 Å². The van der Waals surface area contributed by atoms with Gasteiger partial charge in [0, 0.05) is 11.3 Å². The Balaban J connectivity index is 2.02. The highest BCUT2D eigenvalue weighted by Crippen LogP contribution is 2.44. The highest BCUT2D eigenvalue weighted by molar-refractivity contribution is 6.34. The maximum atomic E-state index is 6.09. The molecule has 0 radical (unpaired) electrons. The van der Waals surface area contributed by atoms with Gasteiger partial charge in [-0.15, -0.1) is 0 Å². The van der Waals surface area contributed by atoms with Crippen LogP contribution in [0.1, 0.15) is 24.5 Å². The lowest BCUT2D eigenvalue weighted by Gasteiger charge is -2.34. The van der Waals surface area contributed by atoms with Gasteiger partial charge in [-0.25, -0.2) is 0 Å². The number of hydrogen-bond donors (Lipinski definition) is 1. The highest BCUT2D eigenvalue weighted by atomic mass is 35.5. The number of halogens is 1. The van der Waals surface area contributed by atoms with Crippen molar-refractivity contribution in [3.8, 4) is 0 Å². The fourth-order valence-corrected chi connectivity index (χ4v) is 2.68. The molecule has 84 valence electrons. The van der Waals surface area contributed by atoms with Crippen LogP contribution in [-0.4, -0.2) is 6.54 Å². The van der Waals surface area contributed by atoms with Crippen molar-refractivity contribution < 1.29 is 4.42 Å². The number of benzene rings is 1. The summed E-state index contributed by atoms with van der Waals surface area (Å²) in [6.07, 6.45) is 2.39. The van der Waals surface area contributed by atoms with Gasteiger partial charge in [-0.2, -0.15) is 0 Å². The lowest BCUT2D eigenvalue weighted by Crippen LogP contribution is -2.30.